The van der Waals surface area contributed by atoms with Crippen LogP contribution in [-0.2, 0) is 9.53 Å². The molecule has 6 heteroatoms. The molecule has 0 bridgehead atoms. The standard InChI is InChI=1S/C18H24N4O2/c1-4-24-18(23)11-13-5-7-14(8-6-13)15-12-17(21(2)3)22-16(20-15)9-10-19-22/h9-12,14H,4-8H2,1-3H3. The molecule has 0 spiro atoms. The Morgan fingerprint density at radius 3 is 2.83 bits per heavy atom. The number of ether oxygens (including phenoxy) is 1. The number of hydrogen-bond donors (Lipinski definition) is 0. The Morgan fingerprint density at radius 2 is 2.17 bits per heavy atom. The van der Waals surface area contributed by atoms with Crippen LogP contribution in [0.5, 0.6) is 0 Å². The van der Waals surface area contributed by atoms with Gasteiger partial charge in [-0.2, -0.15) is 9.61 Å². The summed E-state index contributed by atoms with van der Waals surface area (Å²) in [5.41, 5.74) is 3.17. The van der Waals surface area contributed by atoms with Gasteiger partial charge in [0.1, 0.15) is 5.82 Å². The maximum absolute atomic E-state index is 11.6. The second-order valence-corrected chi connectivity index (χ2v) is 6.36. The molecule has 0 aromatic carbocycles. The second-order valence-electron chi connectivity index (χ2n) is 6.36. The number of hydrogen-bond acceptors (Lipinski definition) is 5. The topological polar surface area (TPSA) is 59.7 Å². The molecule has 0 radical (unpaired) electrons. The molecule has 0 aliphatic heterocycles. The van der Waals surface area contributed by atoms with E-state index in [1.54, 1.807) is 12.3 Å². The minimum atomic E-state index is -0.223. The number of anilines is 1. The third kappa shape index (κ3) is 3.42. The quantitative estimate of drug-likeness (QED) is 0.638. The lowest BCUT2D eigenvalue weighted by Gasteiger charge is -2.25. The first kappa shape index (κ1) is 16.5. The van der Waals surface area contributed by atoms with Gasteiger partial charge in [0.05, 0.1) is 12.8 Å². The van der Waals surface area contributed by atoms with Crippen molar-refractivity contribution in [3.8, 4) is 0 Å². The molecule has 2 aromatic rings. The molecule has 1 aliphatic rings. The SMILES string of the molecule is CCOC(=O)C=C1CCC(c2cc(N(C)C)n3nccc3n2)CC1. The van der Waals surface area contributed by atoms with E-state index in [0.29, 0.717) is 12.5 Å². The highest BCUT2D eigenvalue weighted by Gasteiger charge is 2.22. The van der Waals surface area contributed by atoms with Crippen molar-refractivity contribution in [1.29, 1.82) is 0 Å². The molecule has 0 amide bonds. The van der Waals surface area contributed by atoms with Crippen LogP contribution in [0, 0.1) is 0 Å². The van der Waals surface area contributed by atoms with Crippen molar-refractivity contribution in [2.24, 2.45) is 0 Å². The van der Waals surface area contributed by atoms with Gasteiger partial charge in [0.25, 0.3) is 0 Å². The Labute approximate surface area is 142 Å². The zero-order valence-electron chi connectivity index (χ0n) is 14.5. The normalized spacial score (nSPS) is 17.8. The Balaban J connectivity index is 1.77. The maximum Gasteiger partial charge on any atom is 0.330 e. The Hall–Kier alpha value is -2.37. The predicted molar refractivity (Wildman–Crippen MR) is 93.2 cm³/mol. The lowest BCUT2D eigenvalue weighted by Crippen LogP contribution is -2.17. The molecule has 0 saturated heterocycles. The number of esters is 1. The molecule has 24 heavy (non-hydrogen) atoms. The molecule has 3 rings (SSSR count). The van der Waals surface area contributed by atoms with Crippen molar-refractivity contribution >= 4 is 17.4 Å². The summed E-state index contributed by atoms with van der Waals surface area (Å²) in [6.07, 6.45) is 7.31. The van der Waals surface area contributed by atoms with Gasteiger partial charge in [-0.3, -0.25) is 0 Å². The molecular weight excluding hydrogens is 304 g/mol. The average molecular weight is 328 g/mol. The summed E-state index contributed by atoms with van der Waals surface area (Å²) in [7, 11) is 4.03. The smallest absolute Gasteiger partial charge is 0.330 e. The molecule has 0 atom stereocenters. The van der Waals surface area contributed by atoms with Gasteiger partial charge in [-0.25, -0.2) is 9.78 Å². The van der Waals surface area contributed by atoms with Crippen molar-refractivity contribution in [1.82, 2.24) is 14.6 Å². The van der Waals surface area contributed by atoms with Gasteiger partial charge in [-0.15, -0.1) is 0 Å². The Bertz CT molecular complexity index is 753. The highest BCUT2D eigenvalue weighted by atomic mass is 16.5. The van der Waals surface area contributed by atoms with Crippen molar-refractivity contribution in [3.05, 3.63) is 35.7 Å². The molecule has 0 unspecified atom stereocenters. The van der Waals surface area contributed by atoms with Crippen LogP contribution in [0.2, 0.25) is 0 Å². The highest BCUT2D eigenvalue weighted by Crippen LogP contribution is 2.35. The van der Waals surface area contributed by atoms with Gasteiger partial charge in [0, 0.05) is 43.9 Å². The molecule has 1 aliphatic carbocycles. The Morgan fingerprint density at radius 1 is 1.42 bits per heavy atom. The number of allylic oxidation sites excluding steroid dienone is 1. The van der Waals surface area contributed by atoms with Gasteiger partial charge in [0.15, 0.2) is 5.65 Å². The summed E-state index contributed by atoms with van der Waals surface area (Å²) < 4.78 is 6.85. The lowest BCUT2D eigenvalue weighted by atomic mass is 9.83. The summed E-state index contributed by atoms with van der Waals surface area (Å²) in [5, 5.41) is 4.34. The molecule has 1 fully saturated rings. The van der Waals surface area contributed by atoms with Gasteiger partial charge in [-0.05, 0) is 32.6 Å². The van der Waals surface area contributed by atoms with Crippen LogP contribution in [-0.4, -0.2) is 41.3 Å². The fourth-order valence-electron chi connectivity index (χ4n) is 3.22. The largest absolute Gasteiger partial charge is 0.463 e. The van der Waals surface area contributed by atoms with E-state index in [0.717, 1.165) is 42.8 Å². The summed E-state index contributed by atoms with van der Waals surface area (Å²) in [6, 6.07) is 4.07. The summed E-state index contributed by atoms with van der Waals surface area (Å²) in [6.45, 7) is 2.25. The van der Waals surface area contributed by atoms with Gasteiger partial charge in [-0.1, -0.05) is 5.57 Å². The van der Waals surface area contributed by atoms with Crippen LogP contribution >= 0.6 is 0 Å². The number of carbonyl (C=O) groups excluding carboxylic acids is 1. The highest BCUT2D eigenvalue weighted by molar-refractivity contribution is 5.82. The minimum absolute atomic E-state index is 0.223. The molecule has 2 heterocycles. The molecule has 1 saturated carbocycles. The molecule has 2 aromatic heterocycles. The van der Waals surface area contributed by atoms with E-state index in [2.05, 4.69) is 16.1 Å². The van der Waals surface area contributed by atoms with Crippen molar-refractivity contribution in [2.45, 2.75) is 38.5 Å². The van der Waals surface area contributed by atoms with Crippen LogP contribution < -0.4 is 4.90 Å². The van der Waals surface area contributed by atoms with E-state index in [-0.39, 0.29) is 5.97 Å². The van der Waals surface area contributed by atoms with Crippen LogP contribution in [0.25, 0.3) is 5.65 Å². The van der Waals surface area contributed by atoms with E-state index in [9.17, 15) is 4.79 Å². The number of aromatic nitrogens is 3. The lowest BCUT2D eigenvalue weighted by molar-refractivity contribution is -0.137. The van der Waals surface area contributed by atoms with E-state index < -0.39 is 0 Å². The average Bonchev–Trinajstić information content (AvgIpc) is 3.03. The van der Waals surface area contributed by atoms with Gasteiger partial charge < -0.3 is 9.64 Å². The predicted octanol–water partition coefficient (Wildman–Crippen LogP) is 2.94. The Kier molecular flexibility index (Phi) is 4.83. The fourth-order valence-corrected chi connectivity index (χ4v) is 3.22. The second kappa shape index (κ2) is 7.03. The third-order valence-electron chi connectivity index (χ3n) is 4.47. The van der Waals surface area contributed by atoms with E-state index in [1.807, 2.05) is 31.6 Å². The van der Waals surface area contributed by atoms with E-state index in [1.165, 1.54) is 5.57 Å². The van der Waals surface area contributed by atoms with Crippen LogP contribution in [0.3, 0.4) is 0 Å². The summed E-state index contributed by atoms with van der Waals surface area (Å²) in [5.74, 6) is 1.23. The molecule has 0 N–H and O–H groups in total. The van der Waals surface area contributed by atoms with Crippen LogP contribution in [0.15, 0.2) is 30.0 Å². The zero-order chi connectivity index (χ0) is 17.1. The number of carbonyl (C=O) groups is 1. The minimum Gasteiger partial charge on any atom is -0.463 e. The first-order chi connectivity index (χ1) is 11.6. The van der Waals surface area contributed by atoms with Gasteiger partial charge >= 0.3 is 5.97 Å². The van der Waals surface area contributed by atoms with Gasteiger partial charge in [0.2, 0.25) is 0 Å². The fraction of sp³-hybridized carbons (Fsp3) is 0.500. The van der Waals surface area contributed by atoms with Crippen LogP contribution in [0.4, 0.5) is 5.82 Å². The molecule has 6 nitrogen and oxygen atoms in total. The van der Waals surface area contributed by atoms with E-state index in [4.69, 9.17) is 9.72 Å². The molecular formula is C18H24N4O2. The number of rotatable bonds is 4. The summed E-state index contributed by atoms with van der Waals surface area (Å²) >= 11 is 0. The zero-order valence-corrected chi connectivity index (χ0v) is 14.5. The third-order valence-corrected chi connectivity index (χ3v) is 4.47. The summed E-state index contributed by atoms with van der Waals surface area (Å²) in [4.78, 5) is 18.4. The van der Waals surface area contributed by atoms with Crippen molar-refractivity contribution in [3.63, 3.8) is 0 Å². The number of nitrogens with zero attached hydrogens (tertiary/aromatic N) is 4. The van der Waals surface area contributed by atoms with Crippen molar-refractivity contribution in [2.75, 3.05) is 25.6 Å². The van der Waals surface area contributed by atoms with Crippen molar-refractivity contribution < 1.29 is 9.53 Å². The monoisotopic (exact) mass is 328 g/mol. The van der Waals surface area contributed by atoms with Crippen LogP contribution in [0.1, 0.15) is 44.2 Å². The first-order valence-electron chi connectivity index (χ1n) is 8.46. The molecule has 128 valence electrons. The maximum atomic E-state index is 11.6. The van der Waals surface area contributed by atoms with E-state index >= 15 is 0 Å². The first-order valence-corrected chi connectivity index (χ1v) is 8.46. The number of fused-ring (bicyclic) bond motifs is 1.